The number of rotatable bonds is 6. The van der Waals surface area contributed by atoms with Gasteiger partial charge in [0.2, 0.25) is 5.91 Å². The van der Waals surface area contributed by atoms with Gasteiger partial charge in [-0.05, 0) is 32.9 Å². The molecule has 1 rings (SSSR count). The van der Waals surface area contributed by atoms with Gasteiger partial charge in [0.1, 0.15) is 0 Å². The van der Waals surface area contributed by atoms with Gasteiger partial charge in [-0.15, -0.1) is 0 Å². The molecule has 0 bridgehead atoms. The van der Waals surface area contributed by atoms with Gasteiger partial charge in [-0.2, -0.15) is 0 Å². The number of amides is 1. The van der Waals surface area contributed by atoms with Crippen LogP contribution >= 0.6 is 0 Å². The van der Waals surface area contributed by atoms with Crippen LogP contribution in [0.1, 0.15) is 19.3 Å². The number of hydrogen-bond acceptors (Lipinski definition) is 4. The zero-order chi connectivity index (χ0) is 12.0. The first kappa shape index (κ1) is 13.4. The summed E-state index contributed by atoms with van der Waals surface area (Å²) in [6.07, 6.45) is 3.41. The third-order valence-electron chi connectivity index (χ3n) is 3.22. The van der Waals surface area contributed by atoms with Crippen molar-refractivity contribution in [3.8, 4) is 0 Å². The number of carbonyl (C=O) groups is 1. The Morgan fingerprint density at radius 1 is 1.69 bits per heavy atom. The summed E-state index contributed by atoms with van der Waals surface area (Å²) in [4.78, 5) is 13.4. The third-order valence-corrected chi connectivity index (χ3v) is 3.22. The molecule has 0 spiro atoms. The van der Waals surface area contributed by atoms with E-state index in [4.69, 9.17) is 10.5 Å². The van der Waals surface area contributed by atoms with Crippen LogP contribution < -0.4 is 11.1 Å². The van der Waals surface area contributed by atoms with E-state index in [9.17, 15) is 4.79 Å². The van der Waals surface area contributed by atoms with Crippen molar-refractivity contribution in [1.29, 1.82) is 0 Å². The molecule has 1 saturated heterocycles. The Balaban J connectivity index is 2.28. The van der Waals surface area contributed by atoms with E-state index in [1.54, 1.807) is 14.2 Å². The van der Waals surface area contributed by atoms with E-state index < -0.39 is 0 Å². The van der Waals surface area contributed by atoms with Crippen LogP contribution in [0.2, 0.25) is 0 Å². The molecule has 1 heterocycles. The fourth-order valence-electron chi connectivity index (χ4n) is 2.15. The van der Waals surface area contributed by atoms with Crippen LogP contribution in [0.5, 0.6) is 0 Å². The fourth-order valence-corrected chi connectivity index (χ4v) is 2.15. The number of likely N-dealkylation sites (tertiary alicyclic amines) is 1. The minimum atomic E-state index is -0.275. The molecular formula is C11H23N3O2. The van der Waals surface area contributed by atoms with Gasteiger partial charge < -0.3 is 20.7 Å². The molecule has 2 atom stereocenters. The normalized spacial score (nSPS) is 24.2. The standard InChI is InChI=1S/C11H23N3O2/c1-13-10(11(12)15)5-7-14-6-3-4-9(8-14)16-2/h9-10,13H,3-8H2,1-2H3,(H2,12,15). The lowest BCUT2D eigenvalue weighted by atomic mass is 10.1. The number of hydrogen-bond donors (Lipinski definition) is 2. The zero-order valence-electron chi connectivity index (χ0n) is 10.2. The number of primary amides is 1. The molecule has 5 heteroatoms. The number of nitrogens with two attached hydrogens (primary N) is 1. The van der Waals surface area contributed by atoms with Gasteiger partial charge in [0.15, 0.2) is 0 Å². The highest BCUT2D eigenvalue weighted by Crippen LogP contribution is 2.12. The summed E-state index contributed by atoms with van der Waals surface area (Å²) in [7, 11) is 3.53. The highest BCUT2D eigenvalue weighted by molar-refractivity contribution is 5.79. The van der Waals surface area contributed by atoms with Crippen molar-refractivity contribution in [1.82, 2.24) is 10.2 Å². The highest BCUT2D eigenvalue weighted by atomic mass is 16.5. The Hall–Kier alpha value is -0.650. The average Bonchev–Trinajstić information content (AvgIpc) is 2.29. The van der Waals surface area contributed by atoms with Crippen molar-refractivity contribution in [2.75, 3.05) is 33.8 Å². The summed E-state index contributed by atoms with van der Waals surface area (Å²) in [5.74, 6) is -0.275. The SMILES string of the molecule is CNC(CCN1CCCC(OC)C1)C(N)=O. The predicted molar refractivity (Wildman–Crippen MR) is 63.1 cm³/mol. The molecule has 5 nitrogen and oxygen atoms in total. The minimum absolute atomic E-state index is 0.220. The van der Waals surface area contributed by atoms with Crippen molar-refractivity contribution in [3.05, 3.63) is 0 Å². The number of piperidine rings is 1. The van der Waals surface area contributed by atoms with E-state index in [0.717, 1.165) is 32.5 Å². The van der Waals surface area contributed by atoms with Gasteiger partial charge in [0.25, 0.3) is 0 Å². The second-order valence-corrected chi connectivity index (χ2v) is 4.33. The molecule has 0 saturated carbocycles. The molecule has 0 aromatic rings. The van der Waals surface area contributed by atoms with Gasteiger partial charge in [-0.1, -0.05) is 0 Å². The average molecular weight is 229 g/mol. The minimum Gasteiger partial charge on any atom is -0.380 e. The van der Waals surface area contributed by atoms with Crippen LogP contribution in [-0.2, 0) is 9.53 Å². The summed E-state index contributed by atoms with van der Waals surface area (Å²) in [6, 6.07) is -0.220. The highest BCUT2D eigenvalue weighted by Gasteiger charge is 2.21. The molecule has 1 aliphatic heterocycles. The first-order valence-corrected chi connectivity index (χ1v) is 5.89. The predicted octanol–water partition coefficient (Wildman–Crippen LogP) is -0.439. The van der Waals surface area contributed by atoms with Gasteiger partial charge in [0, 0.05) is 20.2 Å². The smallest absolute Gasteiger partial charge is 0.234 e. The molecule has 2 unspecified atom stereocenters. The lowest BCUT2D eigenvalue weighted by Crippen LogP contribution is -2.44. The second kappa shape index (κ2) is 6.83. The Morgan fingerprint density at radius 3 is 3.00 bits per heavy atom. The summed E-state index contributed by atoms with van der Waals surface area (Å²) in [5, 5.41) is 2.93. The zero-order valence-corrected chi connectivity index (χ0v) is 10.2. The van der Waals surface area contributed by atoms with Crippen molar-refractivity contribution in [2.24, 2.45) is 5.73 Å². The van der Waals surface area contributed by atoms with Gasteiger partial charge in [-0.3, -0.25) is 4.79 Å². The molecule has 3 N–H and O–H groups in total. The monoisotopic (exact) mass is 229 g/mol. The third kappa shape index (κ3) is 4.08. The molecule has 1 amide bonds. The molecular weight excluding hydrogens is 206 g/mol. The Labute approximate surface area is 97.3 Å². The van der Waals surface area contributed by atoms with Crippen molar-refractivity contribution < 1.29 is 9.53 Å². The number of ether oxygens (including phenoxy) is 1. The first-order chi connectivity index (χ1) is 7.67. The summed E-state index contributed by atoms with van der Waals surface area (Å²) in [6.45, 7) is 2.95. The van der Waals surface area contributed by atoms with E-state index in [1.807, 2.05) is 0 Å². The lowest BCUT2D eigenvalue weighted by molar-refractivity contribution is -0.120. The number of nitrogens with zero attached hydrogens (tertiary/aromatic N) is 1. The Kier molecular flexibility index (Phi) is 5.73. The second-order valence-electron chi connectivity index (χ2n) is 4.33. The van der Waals surface area contributed by atoms with E-state index in [1.165, 1.54) is 6.42 Å². The fraction of sp³-hybridized carbons (Fsp3) is 0.909. The van der Waals surface area contributed by atoms with Gasteiger partial charge in [-0.25, -0.2) is 0 Å². The maximum absolute atomic E-state index is 11.0. The van der Waals surface area contributed by atoms with Crippen LogP contribution in [0.25, 0.3) is 0 Å². The first-order valence-electron chi connectivity index (χ1n) is 5.89. The lowest BCUT2D eigenvalue weighted by Gasteiger charge is -2.32. The van der Waals surface area contributed by atoms with Crippen LogP contribution in [0.4, 0.5) is 0 Å². The van der Waals surface area contributed by atoms with Crippen molar-refractivity contribution in [3.63, 3.8) is 0 Å². The number of carbonyl (C=O) groups excluding carboxylic acids is 1. The maximum Gasteiger partial charge on any atom is 0.234 e. The summed E-state index contributed by atoms with van der Waals surface area (Å²) >= 11 is 0. The van der Waals surface area contributed by atoms with Crippen LogP contribution in [0, 0.1) is 0 Å². The summed E-state index contributed by atoms with van der Waals surface area (Å²) < 4.78 is 5.35. The van der Waals surface area contributed by atoms with Gasteiger partial charge in [0.05, 0.1) is 12.1 Å². The molecule has 16 heavy (non-hydrogen) atoms. The Bertz CT molecular complexity index is 223. The molecule has 0 radical (unpaired) electrons. The molecule has 1 fully saturated rings. The van der Waals surface area contributed by atoms with E-state index >= 15 is 0 Å². The number of likely N-dealkylation sites (N-methyl/N-ethyl adjacent to an activating group) is 1. The molecule has 1 aliphatic rings. The van der Waals surface area contributed by atoms with E-state index in [2.05, 4.69) is 10.2 Å². The molecule has 0 aliphatic carbocycles. The molecule has 0 aromatic heterocycles. The quantitative estimate of drug-likeness (QED) is 0.648. The van der Waals surface area contributed by atoms with Crippen LogP contribution in [-0.4, -0.2) is 56.7 Å². The molecule has 0 aromatic carbocycles. The number of methoxy groups -OCH3 is 1. The Morgan fingerprint density at radius 2 is 2.44 bits per heavy atom. The van der Waals surface area contributed by atoms with E-state index in [-0.39, 0.29) is 11.9 Å². The van der Waals surface area contributed by atoms with Crippen LogP contribution in [0.15, 0.2) is 0 Å². The maximum atomic E-state index is 11.0. The van der Waals surface area contributed by atoms with Crippen LogP contribution in [0.3, 0.4) is 0 Å². The van der Waals surface area contributed by atoms with Crippen molar-refractivity contribution >= 4 is 5.91 Å². The van der Waals surface area contributed by atoms with Crippen molar-refractivity contribution in [2.45, 2.75) is 31.4 Å². The summed E-state index contributed by atoms with van der Waals surface area (Å²) in [5.41, 5.74) is 5.27. The topological polar surface area (TPSA) is 67.6 Å². The number of nitrogens with one attached hydrogen (secondary N) is 1. The largest absolute Gasteiger partial charge is 0.380 e. The molecule has 94 valence electrons. The van der Waals surface area contributed by atoms with E-state index in [0.29, 0.717) is 6.10 Å². The van der Waals surface area contributed by atoms with Gasteiger partial charge >= 0.3 is 0 Å².